The van der Waals surface area contributed by atoms with Crippen molar-refractivity contribution in [2.24, 2.45) is 0 Å². The lowest BCUT2D eigenvalue weighted by Gasteiger charge is -2.08. The number of anilines is 1. The molecule has 2 nitrogen and oxygen atoms in total. The minimum absolute atomic E-state index is 0.0952. The molecule has 0 spiro atoms. The van der Waals surface area contributed by atoms with Gasteiger partial charge in [-0.25, -0.2) is 4.39 Å². The molecule has 1 N–H and O–H groups in total. The molecule has 0 unspecified atom stereocenters. The fourth-order valence-corrected chi connectivity index (χ4v) is 2.59. The first-order valence-electron chi connectivity index (χ1n) is 6.39. The zero-order valence-electron chi connectivity index (χ0n) is 11.2. The van der Waals surface area contributed by atoms with Crippen LogP contribution in [0.15, 0.2) is 53.4 Å². The van der Waals surface area contributed by atoms with Crippen molar-refractivity contribution in [1.82, 2.24) is 0 Å². The van der Waals surface area contributed by atoms with Gasteiger partial charge in [0.25, 0.3) is 0 Å². The van der Waals surface area contributed by atoms with Crippen LogP contribution < -0.4 is 5.32 Å². The molecule has 0 saturated heterocycles. The molecule has 1 amide bonds. The van der Waals surface area contributed by atoms with Gasteiger partial charge in [-0.3, -0.25) is 4.79 Å². The Morgan fingerprint density at radius 2 is 1.95 bits per heavy atom. The van der Waals surface area contributed by atoms with E-state index in [1.165, 1.54) is 12.1 Å². The normalized spacial score (nSPS) is 10.3. The topological polar surface area (TPSA) is 29.1 Å². The number of carbonyl (C=O) groups is 1. The fraction of sp³-hybridized carbons (Fsp3) is 0.188. The maximum absolute atomic E-state index is 13.1. The zero-order valence-corrected chi connectivity index (χ0v) is 12.0. The third-order valence-corrected chi connectivity index (χ3v) is 3.83. The number of thioether (sulfide) groups is 1. The number of aryl methyl sites for hydroxylation is 1. The van der Waals surface area contributed by atoms with Gasteiger partial charge in [-0.15, -0.1) is 11.8 Å². The maximum atomic E-state index is 13.1. The standard InChI is InChI=1S/C16H16FNOS/c1-12-7-8-13(17)11-15(12)18-16(19)9-10-20-14-5-3-2-4-6-14/h2-8,11H,9-10H2,1H3,(H,18,19). The van der Waals surface area contributed by atoms with Crippen LogP contribution >= 0.6 is 11.8 Å². The molecule has 2 aromatic rings. The molecule has 0 aromatic heterocycles. The summed E-state index contributed by atoms with van der Waals surface area (Å²) in [5, 5.41) is 2.75. The van der Waals surface area contributed by atoms with E-state index < -0.39 is 0 Å². The van der Waals surface area contributed by atoms with E-state index in [0.717, 1.165) is 10.5 Å². The van der Waals surface area contributed by atoms with Crippen LogP contribution in [0.1, 0.15) is 12.0 Å². The molecule has 0 aliphatic rings. The third-order valence-electron chi connectivity index (χ3n) is 2.81. The highest BCUT2D eigenvalue weighted by atomic mass is 32.2. The Balaban J connectivity index is 1.82. The van der Waals surface area contributed by atoms with Crippen LogP contribution in [0.2, 0.25) is 0 Å². The fourth-order valence-electron chi connectivity index (χ4n) is 1.72. The van der Waals surface area contributed by atoms with Gasteiger partial charge in [-0.2, -0.15) is 0 Å². The van der Waals surface area contributed by atoms with E-state index in [1.807, 2.05) is 37.3 Å². The zero-order chi connectivity index (χ0) is 14.4. The summed E-state index contributed by atoms with van der Waals surface area (Å²) in [5.41, 5.74) is 1.40. The first-order chi connectivity index (χ1) is 9.65. The van der Waals surface area contributed by atoms with Gasteiger partial charge in [0, 0.05) is 22.8 Å². The molecular formula is C16H16FNOS. The molecule has 0 aliphatic carbocycles. The summed E-state index contributed by atoms with van der Waals surface area (Å²) in [6.45, 7) is 1.84. The van der Waals surface area contributed by atoms with Crippen molar-refractivity contribution in [3.63, 3.8) is 0 Å². The Labute approximate surface area is 122 Å². The van der Waals surface area contributed by atoms with E-state index in [4.69, 9.17) is 0 Å². The highest BCUT2D eigenvalue weighted by Crippen LogP contribution is 2.19. The van der Waals surface area contributed by atoms with Crippen molar-refractivity contribution in [1.29, 1.82) is 0 Å². The summed E-state index contributed by atoms with van der Waals surface area (Å²) in [7, 11) is 0. The Hall–Kier alpha value is -1.81. The Kier molecular flexibility index (Phi) is 5.18. The van der Waals surface area contributed by atoms with Gasteiger partial charge in [-0.05, 0) is 36.8 Å². The van der Waals surface area contributed by atoms with E-state index in [9.17, 15) is 9.18 Å². The molecule has 4 heteroatoms. The average Bonchev–Trinajstić information content (AvgIpc) is 2.44. The highest BCUT2D eigenvalue weighted by Gasteiger charge is 2.06. The second-order valence-electron chi connectivity index (χ2n) is 4.42. The predicted molar refractivity (Wildman–Crippen MR) is 81.5 cm³/mol. The summed E-state index contributed by atoms with van der Waals surface area (Å²) in [4.78, 5) is 13.0. The molecule has 2 aromatic carbocycles. The lowest BCUT2D eigenvalue weighted by Crippen LogP contribution is -2.13. The first kappa shape index (κ1) is 14.6. The molecule has 0 bridgehead atoms. The van der Waals surface area contributed by atoms with Gasteiger partial charge in [0.2, 0.25) is 5.91 Å². The lowest BCUT2D eigenvalue weighted by atomic mass is 10.2. The average molecular weight is 289 g/mol. The van der Waals surface area contributed by atoms with E-state index in [2.05, 4.69) is 5.32 Å². The summed E-state index contributed by atoms with van der Waals surface area (Å²) < 4.78 is 13.1. The number of carbonyl (C=O) groups excluding carboxylic acids is 1. The molecule has 0 aliphatic heterocycles. The van der Waals surface area contributed by atoms with Crippen LogP contribution in [0.4, 0.5) is 10.1 Å². The largest absolute Gasteiger partial charge is 0.326 e. The number of benzene rings is 2. The third kappa shape index (κ3) is 4.38. The summed E-state index contributed by atoms with van der Waals surface area (Å²) in [6.07, 6.45) is 0.398. The Bertz CT molecular complexity index is 586. The molecule has 0 radical (unpaired) electrons. The number of halogens is 1. The van der Waals surface area contributed by atoms with Crippen molar-refractivity contribution in [3.8, 4) is 0 Å². The van der Waals surface area contributed by atoms with Gasteiger partial charge in [0.15, 0.2) is 0 Å². The summed E-state index contributed by atoms with van der Waals surface area (Å²) in [6, 6.07) is 14.3. The van der Waals surface area contributed by atoms with E-state index >= 15 is 0 Å². The predicted octanol–water partition coefficient (Wildman–Crippen LogP) is 4.26. The van der Waals surface area contributed by atoms with Gasteiger partial charge in [-0.1, -0.05) is 24.3 Å². The van der Waals surface area contributed by atoms with Crippen LogP contribution in [0.3, 0.4) is 0 Å². The second kappa shape index (κ2) is 7.10. The van der Waals surface area contributed by atoms with Crippen molar-refractivity contribution in [2.45, 2.75) is 18.2 Å². The quantitative estimate of drug-likeness (QED) is 0.833. The number of rotatable bonds is 5. The van der Waals surface area contributed by atoms with Gasteiger partial charge >= 0.3 is 0 Å². The van der Waals surface area contributed by atoms with E-state index in [1.54, 1.807) is 17.8 Å². The lowest BCUT2D eigenvalue weighted by molar-refractivity contribution is -0.115. The van der Waals surface area contributed by atoms with E-state index in [0.29, 0.717) is 17.9 Å². The summed E-state index contributed by atoms with van der Waals surface area (Å²) >= 11 is 1.63. The van der Waals surface area contributed by atoms with E-state index in [-0.39, 0.29) is 11.7 Å². The Morgan fingerprint density at radius 3 is 2.70 bits per heavy atom. The molecule has 2 rings (SSSR count). The molecule has 0 saturated carbocycles. The van der Waals surface area contributed by atoms with Crippen LogP contribution in [0, 0.1) is 12.7 Å². The number of hydrogen-bond acceptors (Lipinski definition) is 2. The number of nitrogens with one attached hydrogen (secondary N) is 1. The minimum Gasteiger partial charge on any atom is -0.326 e. The second-order valence-corrected chi connectivity index (χ2v) is 5.59. The van der Waals surface area contributed by atoms with Crippen LogP contribution in [-0.2, 0) is 4.79 Å². The minimum atomic E-state index is -0.343. The smallest absolute Gasteiger partial charge is 0.225 e. The van der Waals surface area contributed by atoms with Crippen LogP contribution in [0.5, 0.6) is 0 Å². The summed E-state index contributed by atoms with van der Waals surface area (Å²) in [5.74, 6) is 0.260. The molecule has 0 fully saturated rings. The molecule has 0 heterocycles. The van der Waals surface area contributed by atoms with Crippen LogP contribution in [0.25, 0.3) is 0 Å². The molecule has 20 heavy (non-hydrogen) atoms. The first-order valence-corrected chi connectivity index (χ1v) is 7.37. The maximum Gasteiger partial charge on any atom is 0.225 e. The van der Waals surface area contributed by atoms with Gasteiger partial charge in [0.05, 0.1) is 0 Å². The van der Waals surface area contributed by atoms with Crippen molar-refractivity contribution >= 4 is 23.4 Å². The van der Waals surface area contributed by atoms with Crippen LogP contribution in [-0.4, -0.2) is 11.7 Å². The Morgan fingerprint density at radius 1 is 1.20 bits per heavy atom. The van der Waals surface area contributed by atoms with Crippen molar-refractivity contribution in [3.05, 3.63) is 59.9 Å². The number of hydrogen-bond donors (Lipinski definition) is 1. The monoisotopic (exact) mass is 289 g/mol. The molecule has 104 valence electrons. The van der Waals surface area contributed by atoms with Gasteiger partial charge < -0.3 is 5.32 Å². The van der Waals surface area contributed by atoms with Crippen molar-refractivity contribution < 1.29 is 9.18 Å². The molecular weight excluding hydrogens is 273 g/mol. The highest BCUT2D eigenvalue weighted by molar-refractivity contribution is 7.99. The number of amides is 1. The van der Waals surface area contributed by atoms with Gasteiger partial charge in [0.1, 0.15) is 5.82 Å². The molecule has 0 atom stereocenters. The van der Waals surface area contributed by atoms with Crippen molar-refractivity contribution in [2.75, 3.05) is 11.1 Å². The SMILES string of the molecule is Cc1ccc(F)cc1NC(=O)CCSc1ccccc1.